The summed E-state index contributed by atoms with van der Waals surface area (Å²) in [4.78, 5) is 14.6. The molecule has 6 heteroatoms. The third-order valence-electron chi connectivity index (χ3n) is 1.63. The van der Waals surface area contributed by atoms with Gasteiger partial charge in [0.15, 0.2) is 11.3 Å². The summed E-state index contributed by atoms with van der Waals surface area (Å²) in [5.41, 5.74) is 0.823. The average molecular weight is 337 g/mol. The Balaban J connectivity index is 2.48. The molecule has 0 fully saturated rings. The number of benzene rings is 1. The van der Waals surface area contributed by atoms with Crippen LogP contribution in [0.2, 0.25) is 0 Å². The first-order chi connectivity index (χ1) is 6.83. The quantitative estimate of drug-likeness (QED) is 0.489. The molecule has 2 aromatic rings. The number of rotatable bonds is 3. The van der Waals surface area contributed by atoms with E-state index in [0.717, 1.165) is 22.3 Å². The van der Waals surface area contributed by atoms with Gasteiger partial charge in [-0.15, -0.1) is 11.3 Å². The van der Waals surface area contributed by atoms with E-state index in [4.69, 9.17) is 4.52 Å². The number of carbonyl (C=O) groups excluding carboxylic acids is 1. The van der Waals surface area contributed by atoms with Crippen molar-refractivity contribution >= 4 is 56.3 Å². The van der Waals surface area contributed by atoms with E-state index in [1.54, 1.807) is 0 Å². The topological polar surface area (TPSA) is 39.2 Å². The lowest BCUT2D eigenvalue weighted by molar-refractivity contribution is 0.112. The number of fused-ring (bicyclic) bond motifs is 1. The summed E-state index contributed by atoms with van der Waals surface area (Å²) in [6, 6.07) is 5.66. The van der Waals surface area contributed by atoms with Gasteiger partial charge in [0.05, 0.1) is 10.2 Å². The van der Waals surface area contributed by atoms with Crippen LogP contribution in [-0.4, -0.2) is 11.3 Å². The summed E-state index contributed by atoms with van der Waals surface area (Å²) >= 11 is 3.55. The number of aromatic nitrogens is 1. The van der Waals surface area contributed by atoms with Crippen LogP contribution in [0.5, 0.6) is 5.75 Å². The van der Waals surface area contributed by atoms with E-state index in [1.807, 2.05) is 18.2 Å². The maximum absolute atomic E-state index is 10.5. The van der Waals surface area contributed by atoms with Gasteiger partial charge in [-0.25, -0.2) is 4.98 Å². The van der Waals surface area contributed by atoms with Gasteiger partial charge in [-0.1, -0.05) is 0 Å². The van der Waals surface area contributed by atoms with Gasteiger partial charge in [0, 0.05) is 6.07 Å². The fraction of sp³-hybridized carbons (Fsp3) is 0. The van der Waals surface area contributed by atoms with Crippen molar-refractivity contribution in [1.29, 1.82) is 0 Å². The minimum absolute atomic E-state index is 0.389. The molecule has 0 saturated heterocycles. The molecule has 0 aliphatic carbocycles. The summed E-state index contributed by atoms with van der Waals surface area (Å²) < 4.78 is 6.36. The first kappa shape index (κ1) is 10.3. The molecule has 0 aliphatic heterocycles. The molecule has 1 unspecified atom stereocenters. The molecular weight excluding hydrogens is 332 g/mol. The van der Waals surface area contributed by atoms with Crippen molar-refractivity contribution in [1.82, 2.24) is 4.98 Å². The molecule has 1 aromatic carbocycles. The minimum Gasteiger partial charge on any atom is -0.467 e. The Hall–Kier alpha value is -0.260. The number of thiazole rings is 1. The van der Waals surface area contributed by atoms with Gasteiger partial charge in [0.1, 0.15) is 12.2 Å². The van der Waals surface area contributed by atoms with Gasteiger partial charge in [-0.3, -0.25) is 4.79 Å². The van der Waals surface area contributed by atoms with Crippen LogP contribution in [0.25, 0.3) is 10.2 Å². The predicted octanol–water partition coefficient (Wildman–Crippen LogP) is 3.43. The molecule has 1 aromatic heterocycles. The molecule has 1 atom stereocenters. The zero-order valence-corrected chi connectivity index (χ0v) is 10.8. The van der Waals surface area contributed by atoms with E-state index >= 15 is 0 Å². The van der Waals surface area contributed by atoms with Gasteiger partial charge in [0.25, 0.3) is 0 Å². The molecule has 0 amide bonds. The Morgan fingerprint density at radius 1 is 1.57 bits per heavy atom. The summed E-state index contributed by atoms with van der Waals surface area (Å²) in [5.74, 6) is 0.799. The summed E-state index contributed by atoms with van der Waals surface area (Å²) in [5, 5.41) is 0.508. The lowest BCUT2D eigenvalue weighted by Gasteiger charge is -1.99. The Kier molecular flexibility index (Phi) is 3.30. The van der Waals surface area contributed by atoms with Crippen LogP contribution >= 0.6 is 39.8 Å². The second kappa shape index (κ2) is 4.51. The van der Waals surface area contributed by atoms with E-state index in [-0.39, 0.29) is 0 Å². The van der Waals surface area contributed by atoms with Crippen molar-refractivity contribution in [3.8, 4) is 5.75 Å². The molecular formula is C8H5INO2PS. The van der Waals surface area contributed by atoms with Crippen LogP contribution in [0.3, 0.4) is 0 Å². The Morgan fingerprint density at radius 2 is 2.43 bits per heavy atom. The average Bonchev–Trinajstić information content (AvgIpc) is 2.60. The molecule has 0 spiro atoms. The lowest BCUT2D eigenvalue weighted by atomic mass is 10.3. The number of carbonyl (C=O) groups is 1. The first-order valence-electron chi connectivity index (χ1n) is 3.72. The highest BCUT2D eigenvalue weighted by Crippen LogP contribution is 2.30. The molecule has 1 heterocycles. The van der Waals surface area contributed by atoms with Gasteiger partial charge in [-0.05, 0) is 34.2 Å². The molecule has 0 aliphatic rings. The summed E-state index contributed by atoms with van der Waals surface area (Å²) in [6.45, 7) is 0.389. The summed E-state index contributed by atoms with van der Waals surface area (Å²) in [7, 11) is 0. The monoisotopic (exact) mass is 337 g/mol. The highest BCUT2D eigenvalue weighted by atomic mass is 127. The standard InChI is InChI=1S/C8H5INO2PS/c9-13-12-5-1-2-7-6(3-5)10-8(4-11)14-7/h1-4,13H. The van der Waals surface area contributed by atoms with Crippen molar-refractivity contribution in [3.63, 3.8) is 0 Å². The Labute approximate surface area is 99.2 Å². The molecule has 72 valence electrons. The Morgan fingerprint density at radius 3 is 3.14 bits per heavy atom. The third-order valence-corrected chi connectivity index (χ3v) is 3.57. The minimum atomic E-state index is 0.389. The molecule has 3 nitrogen and oxygen atoms in total. The smallest absolute Gasteiger partial charge is 0.178 e. The number of nitrogens with zero attached hydrogens (tertiary/aromatic N) is 1. The largest absolute Gasteiger partial charge is 0.467 e. The Bertz CT molecular complexity index is 473. The van der Waals surface area contributed by atoms with E-state index in [1.165, 1.54) is 11.3 Å². The molecule has 0 bridgehead atoms. The van der Waals surface area contributed by atoms with Crippen LogP contribution in [0.1, 0.15) is 9.80 Å². The molecule has 2 rings (SSSR count). The van der Waals surface area contributed by atoms with Gasteiger partial charge < -0.3 is 4.52 Å². The molecule has 0 N–H and O–H groups in total. The normalized spacial score (nSPS) is 11.2. The van der Waals surface area contributed by atoms with Crippen LogP contribution < -0.4 is 4.52 Å². The maximum atomic E-state index is 10.5. The maximum Gasteiger partial charge on any atom is 0.178 e. The zero-order chi connectivity index (χ0) is 9.97. The second-order valence-corrected chi connectivity index (χ2v) is 5.22. The van der Waals surface area contributed by atoms with Gasteiger partial charge in [-0.2, -0.15) is 0 Å². The van der Waals surface area contributed by atoms with Crippen molar-refractivity contribution in [2.24, 2.45) is 0 Å². The van der Waals surface area contributed by atoms with Crippen molar-refractivity contribution in [3.05, 3.63) is 23.2 Å². The van der Waals surface area contributed by atoms with Crippen LogP contribution in [-0.2, 0) is 0 Å². The van der Waals surface area contributed by atoms with Crippen LogP contribution in [0.4, 0.5) is 0 Å². The van der Waals surface area contributed by atoms with Crippen molar-refractivity contribution < 1.29 is 9.32 Å². The first-order valence-corrected chi connectivity index (χ1v) is 8.55. The summed E-state index contributed by atoms with van der Waals surface area (Å²) in [6.07, 6.45) is 0.769. The zero-order valence-electron chi connectivity index (χ0n) is 6.86. The van der Waals surface area contributed by atoms with Crippen molar-refractivity contribution in [2.45, 2.75) is 0 Å². The van der Waals surface area contributed by atoms with Crippen LogP contribution in [0.15, 0.2) is 18.2 Å². The highest BCUT2D eigenvalue weighted by Gasteiger charge is 2.03. The van der Waals surface area contributed by atoms with Crippen molar-refractivity contribution in [2.75, 3.05) is 0 Å². The number of aldehydes is 1. The predicted molar refractivity (Wildman–Crippen MR) is 68.0 cm³/mol. The molecule has 0 radical (unpaired) electrons. The highest BCUT2D eigenvalue weighted by molar-refractivity contribution is 14.2. The fourth-order valence-electron chi connectivity index (χ4n) is 1.08. The van der Waals surface area contributed by atoms with Gasteiger partial charge >= 0.3 is 0 Å². The van der Waals surface area contributed by atoms with E-state index in [9.17, 15) is 4.79 Å². The second-order valence-electron chi connectivity index (χ2n) is 2.48. The molecule has 14 heavy (non-hydrogen) atoms. The number of halogens is 1. The van der Waals surface area contributed by atoms with Gasteiger partial charge in [0.2, 0.25) is 0 Å². The van der Waals surface area contributed by atoms with E-state index in [2.05, 4.69) is 27.0 Å². The fourth-order valence-corrected chi connectivity index (χ4v) is 2.82. The SMILES string of the molecule is O=Cc1nc2cc(OPI)ccc2s1. The third kappa shape index (κ3) is 2.04. The van der Waals surface area contributed by atoms with E-state index < -0.39 is 0 Å². The number of hydrogen-bond acceptors (Lipinski definition) is 4. The van der Waals surface area contributed by atoms with E-state index in [0.29, 0.717) is 11.5 Å². The lowest BCUT2D eigenvalue weighted by Crippen LogP contribution is -1.76. The number of hydrogen-bond donors (Lipinski definition) is 0. The molecule has 0 saturated carbocycles. The van der Waals surface area contributed by atoms with Crippen LogP contribution in [0, 0.1) is 0 Å².